The largest absolute Gasteiger partial charge is 0.381 e. The van der Waals surface area contributed by atoms with E-state index in [-0.39, 0.29) is 0 Å². The molecule has 3 rings (SSSR count). The highest BCUT2D eigenvalue weighted by Crippen LogP contribution is 2.30. The van der Waals surface area contributed by atoms with Crippen LogP contribution in [0.15, 0.2) is 60.8 Å². The molecule has 3 aromatic rings. The number of halogens is 1. The van der Waals surface area contributed by atoms with Crippen molar-refractivity contribution >= 4 is 17.3 Å². The predicted molar refractivity (Wildman–Crippen MR) is 91.6 cm³/mol. The van der Waals surface area contributed by atoms with Crippen molar-refractivity contribution < 1.29 is 0 Å². The highest BCUT2D eigenvalue weighted by molar-refractivity contribution is 6.30. The summed E-state index contributed by atoms with van der Waals surface area (Å²) in [6.07, 6.45) is 1.82. The van der Waals surface area contributed by atoms with Gasteiger partial charge in [0, 0.05) is 23.7 Å². The molecule has 0 aliphatic rings. The van der Waals surface area contributed by atoms with Gasteiger partial charge in [-0.1, -0.05) is 48.0 Å². The minimum absolute atomic E-state index is 0.566. The standard InChI is InChI=1S/C17H17ClN4/c18-14-7-4-8-15(11-14)22-17(13-5-2-1-3-6-13)16(12-21-22)20-10-9-19/h1-8,11-12,20H,9-10,19H2. The zero-order chi connectivity index (χ0) is 15.4. The molecular formula is C17H17ClN4. The van der Waals surface area contributed by atoms with Crippen molar-refractivity contribution in [2.75, 3.05) is 18.4 Å². The first-order valence-corrected chi connectivity index (χ1v) is 7.50. The average Bonchev–Trinajstić information content (AvgIpc) is 2.97. The molecule has 0 atom stereocenters. The highest BCUT2D eigenvalue weighted by atomic mass is 35.5. The Hall–Kier alpha value is -2.30. The maximum absolute atomic E-state index is 6.11. The van der Waals surface area contributed by atoms with Crippen molar-refractivity contribution in [2.45, 2.75) is 0 Å². The number of anilines is 1. The molecule has 1 heterocycles. The first-order valence-electron chi connectivity index (χ1n) is 7.13. The molecule has 0 saturated heterocycles. The van der Waals surface area contributed by atoms with Gasteiger partial charge in [0.25, 0.3) is 0 Å². The number of benzene rings is 2. The van der Waals surface area contributed by atoms with Crippen LogP contribution >= 0.6 is 11.6 Å². The van der Waals surface area contributed by atoms with Gasteiger partial charge in [0.2, 0.25) is 0 Å². The van der Waals surface area contributed by atoms with E-state index in [1.165, 1.54) is 0 Å². The van der Waals surface area contributed by atoms with E-state index in [4.69, 9.17) is 17.3 Å². The Balaban J connectivity index is 2.12. The number of rotatable bonds is 5. The molecular weight excluding hydrogens is 296 g/mol. The van der Waals surface area contributed by atoms with Gasteiger partial charge in [-0.05, 0) is 18.2 Å². The smallest absolute Gasteiger partial charge is 0.0972 e. The Labute approximate surface area is 134 Å². The molecule has 0 unspecified atom stereocenters. The van der Waals surface area contributed by atoms with Gasteiger partial charge in [-0.3, -0.25) is 0 Å². The van der Waals surface area contributed by atoms with Gasteiger partial charge in [0.15, 0.2) is 0 Å². The zero-order valence-corrected chi connectivity index (χ0v) is 12.8. The summed E-state index contributed by atoms with van der Waals surface area (Å²) in [6, 6.07) is 17.8. The van der Waals surface area contributed by atoms with E-state index in [0.717, 1.165) is 22.6 Å². The zero-order valence-electron chi connectivity index (χ0n) is 12.0. The summed E-state index contributed by atoms with van der Waals surface area (Å²) in [5.41, 5.74) is 9.55. The Morgan fingerprint density at radius 2 is 1.91 bits per heavy atom. The second-order valence-corrected chi connectivity index (χ2v) is 5.32. The van der Waals surface area contributed by atoms with Gasteiger partial charge in [-0.2, -0.15) is 5.10 Å². The lowest BCUT2D eigenvalue weighted by atomic mass is 10.1. The fraction of sp³-hybridized carbons (Fsp3) is 0.118. The van der Waals surface area contributed by atoms with Crippen molar-refractivity contribution in [3.05, 3.63) is 65.8 Å². The van der Waals surface area contributed by atoms with Crippen LogP contribution < -0.4 is 11.1 Å². The van der Waals surface area contributed by atoms with Gasteiger partial charge < -0.3 is 11.1 Å². The van der Waals surface area contributed by atoms with Crippen LogP contribution in [0, 0.1) is 0 Å². The summed E-state index contributed by atoms with van der Waals surface area (Å²) in [6.45, 7) is 1.26. The molecule has 5 heteroatoms. The topological polar surface area (TPSA) is 55.9 Å². The molecule has 2 aromatic carbocycles. The van der Waals surface area contributed by atoms with Gasteiger partial charge in [0.05, 0.1) is 23.3 Å². The lowest BCUT2D eigenvalue weighted by molar-refractivity contribution is 0.888. The molecule has 4 nitrogen and oxygen atoms in total. The van der Waals surface area contributed by atoms with E-state index in [9.17, 15) is 0 Å². The molecule has 112 valence electrons. The second-order valence-electron chi connectivity index (χ2n) is 4.88. The fourth-order valence-electron chi connectivity index (χ4n) is 2.36. The summed E-state index contributed by atoms with van der Waals surface area (Å²) in [7, 11) is 0. The molecule has 0 saturated carbocycles. The SMILES string of the molecule is NCCNc1cnn(-c2cccc(Cl)c2)c1-c1ccccc1. The maximum Gasteiger partial charge on any atom is 0.0972 e. The van der Waals surface area contributed by atoms with Crippen LogP contribution in [0.2, 0.25) is 5.02 Å². The van der Waals surface area contributed by atoms with E-state index in [2.05, 4.69) is 22.5 Å². The maximum atomic E-state index is 6.11. The van der Waals surface area contributed by atoms with Crippen LogP contribution in [0.4, 0.5) is 5.69 Å². The normalized spacial score (nSPS) is 10.6. The molecule has 0 bridgehead atoms. The number of hydrogen-bond donors (Lipinski definition) is 2. The van der Waals surface area contributed by atoms with Crippen LogP contribution in [-0.4, -0.2) is 22.9 Å². The third-order valence-corrected chi connectivity index (χ3v) is 3.56. The quantitative estimate of drug-likeness (QED) is 0.757. The first kappa shape index (κ1) is 14.6. The number of nitrogens with two attached hydrogens (primary N) is 1. The van der Waals surface area contributed by atoms with Gasteiger partial charge in [0.1, 0.15) is 0 Å². The van der Waals surface area contributed by atoms with E-state index in [1.54, 1.807) is 0 Å². The van der Waals surface area contributed by atoms with E-state index in [0.29, 0.717) is 18.1 Å². The van der Waals surface area contributed by atoms with Crippen molar-refractivity contribution in [3.8, 4) is 16.9 Å². The summed E-state index contributed by atoms with van der Waals surface area (Å²) in [5, 5.41) is 8.52. The monoisotopic (exact) mass is 312 g/mol. The van der Waals surface area contributed by atoms with Gasteiger partial charge >= 0.3 is 0 Å². The average molecular weight is 313 g/mol. The molecule has 22 heavy (non-hydrogen) atoms. The van der Waals surface area contributed by atoms with Crippen molar-refractivity contribution in [1.29, 1.82) is 0 Å². The van der Waals surface area contributed by atoms with E-state index in [1.807, 2.05) is 53.3 Å². The molecule has 0 spiro atoms. The summed E-state index contributed by atoms with van der Waals surface area (Å²) >= 11 is 6.11. The minimum atomic E-state index is 0.566. The molecule has 0 aliphatic carbocycles. The molecule has 0 radical (unpaired) electrons. The van der Waals surface area contributed by atoms with Crippen LogP contribution in [0.25, 0.3) is 16.9 Å². The Kier molecular flexibility index (Phi) is 4.42. The van der Waals surface area contributed by atoms with Gasteiger partial charge in [-0.25, -0.2) is 4.68 Å². The third-order valence-electron chi connectivity index (χ3n) is 3.33. The fourth-order valence-corrected chi connectivity index (χ4v) is 2.55. The molecule has 1 aromatic heterocycles. The number of hydrogen-bond acceptors (Lipinski definition) is 3. The summed E-state index contributed by atoms with van der Waals surface area (Å²) in [5.74, 6) is 0. The van der Waals surface area contributed by atoms with Crippen molar-refractivity contribution in [3.63, 3.8) is 0 Å². The van der Waals surface area contributed by atoms with Crippen LogP contribution in [0.3, 0.4) is 0 Å². The Bertz CT molecular complexity index is 752. The molecule has 0 aliphatic heterocycles. The van der Waals surface area contributed by atoms with Crippen molar-refractivity contribution in [2.24, 2.45) is 5.73 Å². The second kappa shape index (κ2) is 6.64. The van der Waals surface area contributed by atoms with Crippen LogP contribution in [0.5, 0.6) is 0 Å². The Morgan fingerprint density at radius 3 is 2.64 bits per heavy atom. The summed E-state index contributed by atoms with van der Waals surface area (Å²) in [4.78, 5) is 0. The lowest BCUT2D eigenvalue weighted by Crippen LogP contribution is -2.13. The predicted octanol–water partition coefficient (Wildman–Crippen LogP) is 3.56. The number of aromatic nitrogens is 2. The highest BCUT2D eigenvalue weighted by Gasteiger charge is 2.14. The Morgan fingerprint density at radius 1 is 1.09 bits per heavy atom. The van der Waals surface area contributed by atoms with Gasteiger partial charge in [-0.15, -0.1) is 0 Å². The van der Waals surface area contributed by atoms with E-state index >= 15 is 0 Å². The molecule has 0 amide bonds. The van der Waals surface area contributed by atoms with Crippen LogP contribution in [-0.2, 0) is 0 Å². The minimum Gasteiger partial charge on any atom is -0.381 e. The third kappa shape index (κ3) is 2.98. The molecule has 0 fully saturated rings. The van der Waals surface area contributed by atoms with Crippen molar-refractivity contribution in [1.82, 2.24) is 9.78 Å². The summed E-state index contributed by atoms with van der Waals surface area (Å²) < 4.78 is 1.89. The first-order chi connectivity index (χ1) is 10.8. The molecule has 3 N–H and O–H groups in total. The van der Waals surface area contributed by atoms with E-state index < -0.39 is 0 Å². The lowest BCUT2D eigenvalue weighted by Gasteiger charge is -2.11. The van der Waals surface area contributed by atoms with Crippen LogP contribution in [0.1, 0.15) is 0 Å². The number of nitrogens with zero attached hydrogens (tertiary/aromatic N) is 2. The number of nitrogens with one attached hydrogen (secondary N) is 1.